The number of hydrogen-bond donors (Lipinski definition) is 2. The minimum Gasteiger partial charge on any atom is -0.387 e. The van der Waals surface area contributed by atoms with E-state index < -0.39 is 0 Å². The van der Waals surface area contributed by atoms with Crippen molar-refractivity contribution in [3.8, 4) is 0 Å². The van der Waals surface area contributed by atoms with Crippen LogP contribution in [0.1, 0.15) is 10.4 Å². The third-order valence-electron chi connectivity index (χ3n) is 2.54. The van der Waals surface area contributed by atoms with E-state index in [1.165, 1.54) is 6.20 Å². The summed E-state index contributed by atoms with van der Waals surface area (Å²) >= 11 is 6.82. The zero-order valence-corrected chi connectivity index (χ0v) is 13.2. The second kappa shape index (κ2) is 6.16. The van der Waals surface area contributed by atoms with Gasteiger partial charge in [0.2, 0.25) is 0 Å². The van der Waals surface area contributed by atoms with Gasteiger partial charge in [-0.15, -0.1) is 0 Å². The second-order valence-corrected chi connectivity index (χ2v) is 5.43. The highest BCUT2D eigenvalue weighted by Gasteiger charge is 2.14. The minimum absolute atomic E-state index is 0.218. The minimum atomic E-state index is -0.218. The fourth-order valence-corrected chi connectivity index (χ4v) is 2.79. The molecule has 0 atom stereocenters. The average Bonchev–Trinajstić information content (AvgIpc) is 2.42. The molecule has 0 fully saturated rings. The van der Waals surface area contributed by atoms with E-state index in [9.17, 15) is 4.79 Å². The van der Waals surface area contributed by atoms with Crippen molar-refractivity contribution >= 4 is 49.1 Å². The highest BCUT2D eigenvalue weighted by atomic mass is 79.9. The van der Waals surface area contributed by atoms with Gasteiger partial charge in [0, 0.05) is 34.1 Å². The molecule has 2 N–H and O–H groups in total. The molecule has 6 heteroatoms. The molecular formula is C13H11Br2N3O. The van der Waals surface area contributed by atoms with Gasteiger partial charge >= 0.3 is 0 Å². The average molecular weight is 385 g/mol. The smallest absolute Gasteiger partial charge is 0.259 e. The summed E-state index contributed by atoms with van der Waals surface area (Å²) < 4.78 is 1.62. The Balaban J connectivity index is 2.31. The quantitative estimate of drug-likeness (QED) is 0.843. The zero-order chi connectivity index (χ0) is 13.8. The maximum absolute atomic E-state index is 12.3. The number of anilines is 2. The van der Waals surface area contributed by atoms with E-state index in [0.717, 1.165) is 14.6 Å². The van der Waals surface area contributed by atoms with Gasteiger partial charge in [0.05, 0.1) is 11.3 Å². The number of pyridine rings is 1. The number of hydrogen-bond acceptors (Lipinski definition) is 3. The van der Waals surface area contributed by atoms with Crippen molar-refractivity contribution in [3.63, 3.8) is 0 Å². The van der Waals surface area contributed by atoms with Gasteiger partial charge in [0.1, 0.15) is 0 Å². The van der Waals surface area contributed by atoms with Gasteiger partial charge < -0.3 is 10.6 Å². The van der Waals surface area contributed by atoms with Gasteiger partial charge in [0.25, 0.3) is 5.91 Å². The van der Waals surface area contributed by atoms with Crippen LogP contribution in [0.15, 0.2) is 45.6 Å². The molecule has 4 nitrogen and oxygen atoms in total. The molecule has 2 rings (SSSR count). The monoisotopic (exact) mass is 383 g/mol. The number of amides is 1. The van der Waals surface area contributed by atoms with Crippen LogP contribution in [-0.2, 0) is 0 Å². The number of halogens is 2. The standard InChI is InChI=1S/C13H11Br2N3O/c1-16-11-5-6-17-7-8(11)13(19)18-12-9(14)3-2-4-10(12)15/h2-7H,1H3,(H,16,17)(H,18,19). The first-order chi connectivity index (χ1) is 9.13. The first-order valence-corrected chi connectivity index (χ1v) is 7.09. The van der Waals surface area contributed by atoms with E-state index in [0.29, 0.717) is 11.3 Å². The van der Waals surface area contributed by atoms with Crippen molar-refractivity contribution in [2.75, 3.05) is 17.7 Å². The van der Waals surface area contributed by atoms with Gasteiger partial charge in [-0.05, 0) is 50.1 Å². The summed E-state index contributed by atoms with van der Waals surface area (Å²) in [5.74, 6) is -0.218. The van der Waals surface area contributed by atoms with Crippen LogP contribution >= 0.6 is 31.9 Å². The lowest BCUT2D eigenvalue weighted by atomic mass is 10.2. The molecule has 0 aliphatic carbocycles. The van der Waals surface area contributed by atoms with E-state index in [1.807, 2.05) is 18.2 Å². The number of aromatic nitrogens is 1. The maximum atomic E-state index is 12.3. The topological polar surface area (TPSA) is 54.0 Å². The van der Waals surface area contributed by atoms with Crippen LogP contribution in [0.2, 0.25) is 0 Å². The summed E-state index contributed by atoms with van der Waals surface area (Å²) in [6.07, 6.45) is 3.17. The molecular weight excluding hydrogens is 374 g/mol. The van der Waals surface area contributed by atoms with Gasteiger partial charge in [-0.25, -0.2) is 0 Å². The molecule has 0 aliphatic heterocycles. The lowest BCUT2D eigenvalue weighted by Gasteiger charge is -2.11. The summed E-state index contributed by atoms with van der Waals surface area (Å²) in [5, 5.41) is 5.82. The summed E-state index contributed by atoms with van der Waals surface area (Å²) in [4.78, 5) is 16.2. The third-order valence-corrected chi connectivity index (χ3v) is 3.86. The van der Waals surface area contributed by atoms with Crippen LogP contribution in [0.25, 0.3) is 0 Å². The van der Waals surface area contributed by atoms with Crippen molar-refractivity contribution in [1.82, 2.24) is 4.98 Å². The van der Waals surface area contributed by atoms with E-state index in [2.05, 4.69) is 47.5 Å². The lowest BCUT2D eigenvalue weighted by Crippen LogP contribution is -2.15. The summed E-state index contributed by atoms with van der Waals surface area (Å²) in [5.41, 5.74) is 1.92. The molecule has 0 radical (unpaired) electrons. The normalized spacial score (nSPS) is 10.1. The lowest BCUT2D eigenvalue weighted by molar-refractivity contribution is 0.102. The Kier molecular flexibility index (Phi) is 4.55. The van der Waals surface area contributed by atoms with Crippen LogP contribution in [0, 0.1) is 0 Å². The van der Waals surface area contributed by atoms with Crippen molar-refractivity contribution < 1.29 is 4.79 Å². The molecule has 1 amide bonds. The fraction of sp³-hybridized carbons (Fsp3) is 0.0769. The number of carbonyl (C=O) groups is 1. The van der Waals surface area contributed by atoms with Crippen molar-refractivity contribution in [2.24, 2.45) is 0 Å². The number of rotatable bonds is 3. The molecule has 2 aromatic rings. The molecule has 1 heterocycles. The Labute approximate surface area is 127 Å². The Morgan fingerprint density at radius 1 is 1.21 bits per heavy atom. The first kappa shape index (κ1) is 14.0. The number of nitrogens with zero attached hydrogens (tertiary/aromatic N) is 1. The molecule has 19 heavy (non-hydrogen) atoms. The molecule has 0 bridgehead atoms. The van der Waals surface area contributed by atoms with Gasteiger partial charge in [-0.2, -0.15) is 0 Å². The SMILES string of the molecule is CNc1ccncc1C(=O)Nc1c(Br)cccc1Br. The zero-order valence-electron chi connectivity index (χ0n) is 10.1. The number of para-hydroxylation sites is 1. The molecule has 0 spiro atoms. The number of benzene rings is 1. The highest BCUT2D eigenvalue weighted by molar-refractivity contribution is 9.11. The summed E-state index contributed by atoms with van der Waals surface area (Å²) in [7, 11) is 1.76. The summed E-state index contributed by atoms with van der Waals surface area (Å²) in [6, 6.07) is 7.36. The Morgan fingerprint density at radius 2 is 1.89 bits per heavy atom. The molecule has 0 saturated carbocycles. The molecule has 0 saturated heterocycles. The van der Waals surface area contributed by atoms with Crippen LogP contribution in [0.5, 0.6) is 0 Å². The largest absolute Gasteiger partial charge is 0.387 e. The predicted molar refractivity (Wildman–Crippen MR) is 83.6 cm³/mol. The maximum Gasteiger partial charge on any atom is 0.259 e. The van der Waals surface area contributed by atoms with E-state index >= 15 is 0 Å². The van der Waals surface area contributed by atoms with Crippen molar-refractivity contribution in [2.45, 2.75) is 0 Å². The molecule has 1 aromatic heterocycles. The highest BCUT2D eigenvalue weighted by Crippen LogP contribution is 2.31. The van der Waals surface area contributed by atoms with Crippen molar-refractivity contribution in [1.29, 1.82) is 0 Å². The van der Waals surface area contributed by atoms with Crippen LogP contribution in [0.4, 0.5) is 11.4 Å². The van der Waals surface area contributed by atoms with E-state index in [-0.39, 0.29) is 5.91 Å². The van der Waals surface area contributed by atoms with Crippen LogP contribution < -0.4 is 10.6 Å². The van der Waals surface area contributed by atoms with E-state index in [4.69, 9.17) is 0 Å². The molecule has 0 unspecified atom stereocenters. The summed E-state index contributed by atoms with van der Waals surface area (Å²) in [6.45, 7) is 0. The number of nitrogens with one attached hydrogen (secondary N) is 2. The van der Waals surface area contributed by atoms with Gasteiger partial charge in [-0.1, -0.05) is 6.07 Å². The van der Waals surface area contributed by atoms with Gasteiger partial charge in [-0.3, -0.25) is 9.78 Å². The Hall–Kier alpha value is -1.40. The molecule has 98 valence electrons. The molecule has 1 aromatic carbocycles. The predicted octanol–water partition coefficient (Wildman–Crippen LogP) is 3.90. The fourth-order valence-electron chi connectivity index (χ4n) is 1.59. The molecule has 0 aliphatic rings. The number of carbonyl (C=O) groups excluding carboxylic acids is 1. The first-order valence-electron chi connectivity index (χ1n) is 5.50. The third kappa shape index (κ3) is 3.13. The van der Waals surface area contributed by atoms with Gasteiger partial charge in [0.15, 0.2) is 0 Å². The van der Waals surface area contributed by atoms with Crippen molar-refractivity contribution in [3.05, 3.63) is 51.2 Å². The van der Waals surface area contributed by atoms with Crippen LogP contribution in [-0.4, -0.2) is 17.9 Å². The Bertz CT molecular complexity index is 596. The van der Waals surface area contributed by atoms with Crippen LogP contribution in [0.3, 0.4) is 0 Å². The second-order valence-electron chi connectivity index (χ2n) is 3.72. The van der Waals surface area contributed by atoms with E-state index in [1.54, 1.807) is 19.3 Å². The Morgan fingerprint density at radius 3 is 2.53 bits per heavy atom.